The SMILES string of the molecule is Cc1ccc2c(C(=O)N3CCN(Cc4ccc(O)cc4)CC3)c[nH]c2c1. The van der Waals surface area contributed by atoms with E-state index < -0.39 is 0 Å². The highest BCUT2D eigenvalue weighted by molar-refractivity contribution is 6.06. The van der Waals surface area contributed by atoms with Gasteiger partial charge in [0.1, 0.15) is 5.75 Å². The van der Waals surface area contributed by atoms with Crippen LogP contribution in [0.15, 0.2) is 48.7 Å². The molecule has 1 aliphatic heterocycles. The number of H-pyrrole nitrogens is 1. The van der Waals surface area contributed by atoms with Crippen LogP contribution in [-0.2, 0) is 6.54 Å². The van der Waals surface area contributed by atoms with E-state index >= 15 is 0 Å². The Kier molecular flexibility index (Phi) is 4.39. The fourth-order valence-corrected chi connectivity index (χ4v) is 3.56. The van der Waals surface area contributed by atoms with Crippen molar-refractivity contribution in [2.75, 3.05) is 26.2 Å². The number of hydrogen-bond acceptors (Lipinski definition) is 3. The smallest absolute Gasteiger partial charge is 0.256 e. The molecule has 4 rings (SSSR count). The lowest BCUT2D eigenvalue weighted by Gasteiger charge is -2.34. The number of aromatic amines is 1. The van der Waals surface area contributed by atoms with E-state index in [0.29, 0.717) is 0 Å². The zero-order chi connectivity index (χ0) is 18.1. The maximum atomic E-state index is 12.9. The summed E-state index contributed by atoms with van der Waals surface area (Å²) in [5, 5.41) is 10.4. The summed E-state index contributed by atoms with van der Waals surface area (Å²) in [4.78, 5) is 20.4. The van der Waals surface area contributed by atoms with Crippen molar-refractivity contribution in [3.8, 4) is 5.75 Å². The number of carbonyl (C=O) groups excluding carboxylic acids is 1. The Bertz CT molecular complexity index is 922. The average Bonchev–Trinajstić information content (AvgIpc) is 3.06. The summed E-state index contributed by atoms with van der Waals surface area (Å²) in [6.07, 6.45) is 1.83. The van der Waals surface area contributed by atoms with Crippen molar-refractivity contribution < 1.29 is 9.90 Å². The standard InChI is InChI=1S/C21H23N3O2/c1-15-2-7-18-19(13-22-20(18)12-15)21(26)24-10-8-23(9-11-24)14-16-3-5-17(25)6-4-16/h2-7,12-13,22,25H,8-11,14H2,1H3. The second kappa shape index (κ2) is 6.84. The lowest BCUT2D eigenvalue weighted by Crippen LogP contribution is -2.48. The predicted octanol–water partition coefficient (Wildman–Crippen LogP) is 3.14. The van der Waals surface area contributed by atoms with Crippen LogP contribution >= 0.6 is 0 Å². The largest absolute Gasteiger partial charge is 0.508 e. The molecule has 0 saturated carbocycles. The highest BCUT2D eigenvalue weighted by Gasteiger charge is 2.24. The summed E-state index contributed by atoms with van der Waals surface area (Å²) < 4.78 is 0. The number of hydrogen-bond donors (Lipinski definition) is 2. The molecule has 2 heterocycles. The number of aromatic nitrogens is 1. The van der Waals surface area contributed by atoms with Crippen molar-refractivity contribution in [3.05, 3.63) is 65.4 Å². The second-order valence-corrected chi connectivity index (χ2v) is 6.99. The molecule has 3 aromatic rings. The van der Waals surface area contributed by atoms with Gasteiger partial charge in [-0.3, -0.25) is 9.69 Å². The van der Waals surface area contributed by atoms with Crippen LogP contribution in [0.25, 0.3) is 10.9 Å². The van der Waals surface area contributed by atoms with Gasteiger partial charge in [-0.1, -0.05) is 24.3 Å². The Labute approximate surface area is 152 Å². The van der Waals surface area contributed by atoms with Crippen LogP contribution in [0, 0.1) is 6.92 Å². The van der Waals surface area contributed by atoms with Crippen LogP contribution in [0.2, 0.25) is 0 Å². The summed E-state index contributed by atoms with van der Waals surface area (Å²) in [5.74, 6) is 0.391. The molecule has 2 aromatic carbocycles. The molecule has 0 unspecified atom stereocenters. The summed E-state index contributed by atoms with van der Waals surface area (Å²) >= 11 is 0. The van der Waals surface area contributed by atoms with Crippen LogP contribution in [0.5, 0.6) is 5.75 Å². The Hall–Kier alpha value is -2.79. The van der Waals surface area contributed by atoms with Crippen LogP contribution in [0.1, 0.15) is 21.5 Å². The molecular formula is C21H23N3O2. The number of aromatic hydroxyl groups is 1. The Morgan fingerprint density at radius 2 is 1.81 bits per heavy atom. The second-order valence-electron chi connectivity index (χ2n) is 6.99. The predicted molar refractivity (Wildman–Crippen MR) is 102 cm³/mol. The summed E-state index contributed by atoms with van der Waals surface area (Å²) in [6, 6.07) is 13.5. The molecule has 0 spiro atoms. The van der Waals surface area contributed by atoms with Crippen LogP contribution in [0.4, 0.5) is 0 Å². The molecule has 1 amide bonds. The van der Waals surface area contributed by atoms with Crippen molar-refractivity contribution in [1.82, 2.24) is 14.8 Å². The number of fused-ring (bicyclic) bond motifs is 1. The number of aryl methyl sites for hydroxylation is 1. The minimum atomic E-state index is 0.101. The molecule has 0 atom stereocenters. The number of rotatable bonds is 3. The van der Waals surface area contributed by atoms with Crippen molar-refractivity contribution in [3.63, 3.8) is 0 Å². The van der Waals surface area contributed by atoms with Crippen LogP contribution in [0.3, 0.4) is 0 Å². The highest BCUT2D eigenvalue weighted by Crippen LogP contribution is 2.22. The first-order valence-corrected chi connectivity index (χ1v) is 8.97. The monoisotopic (exact) mass is 349 g/mol. The molecule has 0 bridgehead atoms. The van der Waals surface area contributed by atoms with Crippen molar-refractivity contribution >= 4 is 16.8 Å². The Morgan fingerprint density at radius 3 is 2.54 bits per heavy atom. The van der Waals surface area contributed by atoms with Gasteiger partial charge in [0.15, 0.2) is 0 Å². The first kappa shape index (κ1) is 16.7. The third kappa shape index (κ3) is 3.30. The van der Waals surface area contributed by atoms with Crippen molar-refractivity contribution in [2.24, 2.45) is 0 Å². The molecule has 1 fully saturated rings. The Balaban J connectivity index is 1.40. The van der Waals surface area contributed by atoms with Crippen molar-refractivity contribution in [2.45, 2.75) is 13.5 Å². The number of amides is 1. The van der Waals surface area contributed by atoms with E-state index in [-0.39, 0.29) is 11.7 Å². The Morgan fingerprint density at radius 1 is 1.08 bits per heavy atom. The fraction of sp³-hybridized carbons (Fsp3) is 0.286. The topological polar surface area (TPSA) is 59.6 Å². The average molecular weight is 349 g/mol. The number of carbonyl (C=O) groups is 1. The van der Waals surface area contributed by atoms with Gasteiger partial charge in [0.25, 0.3) is 5.91 Å². The van der Waals surface area contributed by atoms with E-state index in [4.69, 9.17) is 0 Å². The number of nitrogens with zero attached hydrogens (tertiary/aromatic N) is 2. The number of phenols is 1. The molecular weight excluding hydrogens is 326 g/mol. The molecule has 134 valence electrons. The number of piperazine rings is 1. The quantitative estimate of drug-likeness (QED) is 0.764. The first-order valence-electron chi connectivity index (χ1n) is 8.97. The van der Waals surface area contributed by atoms with Crippen LogP contribution in [-0.4, -0.2) is 52.0 Å². The molecule has 5 heteroatoms. The lowest BCUT2D eigenvalue weighted by molar-refractivity contribution is 0.0630. The minimum Gasteiger partial charge on any atom is -0.508 e. The number of benzene rings is 2. The zero-order valence-electron chi connectivity index (χ0n) is 14.9. The molecule has 0 radical (unpaired) electrons. The summed E-state index contributed by atoms with van der Waals surface area (Å²) in [6.45, 7) is 6.07. The normalized spacial score (nSPS) is 15.5. The van der Waals surface area contributed by atoms with Gasteiger partial charge in [0, 0.05) is 49.8 Å². The summed E-state index contributed by atoms with van der Waals surface area (Å²) in [7, 11) is 0. The van der Waals surface area contributed by atoms with Gasteiger partial charge in [-0.25, -0.2) is 0 Å². The van der Waals surface area contributed by atoms with Crippen LogP contribution < -0.4 is 0 Å². The zero-order valence-corrected chi connectivity index (χ0v) is 14.9. The van der Waals surface area contributed by atoms with E-state index in [1.54, 1.807) is 12.1 Å². The fourth-order valence-electron chi connectivity index (χ4n) is 3.56. The van der Waals surface area contributed by atoms with Gasteiger partial charge < -0.3 is 15.0 Å². The number of nitrogens with one attached hydrogen (secondary N) is 1. The van der Waals surface area contributed by atoms with Gasteiger partial charge in [-0.15, -0.1) is 0 Å². The number of phenolic OH excluding ortho intramolecular Hbond substituents is 1. The molecule has 26 heavy (non-hydrogen) atoms. The first-order chi connectivity index (χ1) is 12.6. The van der Waals surface area contributed by atoms with Gasteiger partial charge in [0.2, 0.25) is 0 Å². The maximum Gasteiger partial charge on any atom is 0.256 e. The lowest BCUT2D eigenvalue weighted by atomic mass is 10.1. The van der Waals surface area contributed by atoms with Gasteiger partial charge in [-0.2, -0.15) is 0 Å². The minimum absolute atomic E-state index is 0.101. The molecule has 1 saturated heterocycles. The van der Waals surface area contributed by atoms with E-state index in [1.165, 1.54) is 11.1 Å². The van der Waals surface area contributed by atoms with Gasteiger partial charge in [-0.05, 0) is 36.2 Å². The van der Waals surface area contributed by atoms with Gasteiger partial charge in [0.05, 0.1) is 5.56 Å². The van der Waals surface area contributed by atoms with E-state index in [9.17, 15) is 9.90 Å². The van der Waals surface area contributed by atoms with E-state index in [1.807, 2.05) is 35.4 Å². The molecule has 5 nitrogen and oxygen atoms in total. The van der Waals surface area contributed by atoms with E-state index in [2.05, 4.69) is 22.9 Å². The molecule has 1 aliphatic rings. The molecule has 1 aromatic heterocycles. The third-order valence-corrected chi connectivity index (χ3v) is 5.07. The van der Waals surface area contributed by atoms with Crippen molar-refractivity contribution in [1.29, 1.82) is 0 Å². The maximum absolute atomic E-state index is 12.9. The summed E-state index contributed by atoms with van der Waals surface area (Å²) in [5.41, 5.74) is 4.13. The third-order valence-electron chi connectivity index (χ3n) is 5.07. The molecule has 2 N–H and O–H groups in total. The van der Waals surface area contributed by atoms with E-state index in [0.717, 1.165) is 49.2 Å². The highest BCUT2D eigenvalue weighted by atomic mass is 16.3. The molecule has 0 aliphatic carbocycles. The van der Waals surface area contributed by atoms with Gasteiger partial charge >= 0.3 is 0 Å².